The number of amides is 2. The summed E-state index contributed by atoms with van der Waals surface area (Å²) in [7, 11) is 0. The Bertz CT molecular complexity index is 1110. The monoisotopic (exact) mass is 338 g/mol. The van der Waals surface area contributed by atoms with Gasteiger partial charge in [-0.25, -0.2) is 4.79 Å². The summed E-state index contributed by atoms with van der Waals surface area (Å²) in [6.45, 7) is 3.72. The molecule has 0 radical (unpaired) electrons. The van der Waals surface area contributed by atoms with Crippen molar-refractivity contribution in [2.24, 2.45) is 0 Å². The van der Waals surface area contributed by atoms with Gasteiger partial charge in [-0.3, -0.25) is 0 Å². The number of benzene rings is 4. The van der Waals surface area contributed by atoms with Crippen molar-refractivity contribution in [3.05, 3.63) is 91.0 Å². The zero-order valence-corrected chi connectivity index (χ0v) is 14.2. The number of hydrogen-bond acceptors (Lipinski definition) is 1. The maximum absolute atomic E-state index is 12.2. The maximum atomic E-state index is 12.2. The number of carbonyl (C=O) groups excluding carboxylic acids is 1. The van der Waals surface area contributed by atoms with Crippen molar-refractivity contribution in [1.29, 1.82) is 0 Å². The fourth-order valence-electron chi connectivity index (χ4n) is 3.01. The van der Waals surface area contributed by atoms with E-state index in [1.807, 2.05) is 54.6 Å². The lowest BCUT2D eigenvalue weighted by molar-refractivity contribution is 0.262. The van der Waals surface area contributed by atoms with Crippen LogP contribution < -0.4 is 10.6 Å². The molecular formula is C23H18N2O. The van der Waals surface area contributed by atoms with Gasteiger partial charge < -0.3 is 10.6 Å². The van der Waals surface area contributed by atoms with Gasteiger partial charge in [-0.2, -0.15) is 0 Å². The van der Waals surface area contributed by atoms with Gasteiger partial charge in [0, 0.05) is 11.4 Å². The average Bonchev–Trinajstić information content (AvgIpc) is 2.67. The number of anilines is 2. The predicted octanol–water partition coefficient (Wildman–Crippen LogP) is 6.28. The fraction of sp³-hybridized carbons (Fsp3) is 0. The molecule has 0 bridgehead atoms. The second kappa shape index (κ2) is 6.73. The molecule has 0 aliphatic rings. The smallest absolute Gasteiger partial charge is 0.308 e. The van der Waals surface area contributed by atoms with Gasteiger partial charge in [0.05, 0.1) is 0 Å². The molecule has 2 N–H and O–H groups in total. The Balaban J connectivity index is 1.54. The van der Waals surface area contributed by atoms with Crippen molar-refractivity contribution in [2.75, 3.05) is 10.6 Å². The highest BCUT2D eigenvalue weighted by Gasteiger charge is 2.04. The van der Waals surface area contributed by atoms with Crippen LogP contribution >= 0.6 is 0 Å². The minimum absolute atomic E-state index is 0.267. The summed E-state index contributed by atoms with van der Waals surface area (Å²) in [6, 6.07) is 25.7. The molecule has 26 heavy (non-hydrogen) atoms. The van der Waals surface area contributed by atoms with E-state index in [2.05, 4.69) is 41.5 Å². The van der Waals surface area contributed by atoms with E-state index in [4.69, 9.17) is 0 Å². The second-order valence-electron chi connectivity index (χ2n) is 6.17. The van der Waals surface area contributed by atoms with Crippen LogP contribution in [0.15, 0.2) is 85.4 Å². The molecule has 0 fully saturated rings. The van der Waals surface area contributed by atoms with Crippen LogP contribution in [0.3, 0.4) is 0 Å². The summed E-state index contributed by atoms with van der Waals surface area (Å²) in [4.78, 5) is 12.2. The summed E-state index contributed by atoms with van der Waals surface area (Å²) >= 11 is 0. The van der Waals surface area contributed by atoms with E-state index in [-0.39, 0.29) is 6.03 Å². The van der Waals surface area contributed by atoms with E-state index in [9.17, 15) is 4.79 Å². The van der Waals surface area contributed by atoms with Gasteiger partial charge >= 0.3 is 6.03 Å². The molecule has 0 aliphatic carbocycles. The Morgan fingerprint density at radius 3 is 1.96 bits per heavy atom. The zero-order chi connectivity index (χ0) is 17.9. The highest BCUT2D eigenvalue weighted by molar-refractivity contribution is 6.03. The lowest BCUT2D eigenvalue weighted by atomic mass is 10.0. The van der Waals surface area contributed by atoms with Crippen molar-refractivity contribution in [3.63, 3.8) is 0 Å². The van der Waals surface area contributed by atoms with Gasteiger partial charge in [0.1, 0.15) is 0 Å². The van der Waals surface area contributed by atoms with E-state index in [0.29, 0.717) is 0 Å². The number of nitrogens with one attached hydrogen (secondary N) is 2. The van der Waals surface area contributed by atoms with Crippen LogP contribution in [0.25, 0.3) is 27.6 Å². The standard InChI is InChI=1S/C23H18N2O/c1-2-16-7-10-21(11-8-16)24-23(26)25-22-12-9-19-13-17-5-3-4-6-18(17)14-20(19)15-22/h2-15H,1H2,(H2,24,25,26). The van der Waals surface area contributed by atoms with Crippen LogP contribution in [-0.4, -0.2) is 6.03 Å². The Hall–Kier alpha value is -3.59. The normalized spacial score (nSPS) is 10.6. The Morgan fingerprint density at radius 1 is 0.692 bits per heavy atom. The van der Waals surface area contributed by atoms with Crippen LogP contribution in [0.1, 0.15) is 5.56 Å². The molecule has 4 aromatic rings. The van der Waals surface area contributed by atoms with Gasteiger partial charge in [-0.05, 0) is 63.5 Å². The van der Waals surface area contributed by atoms with Gasteiger partial charge in [0.25, 0.3) is 0 Å². The van der Waals surface area contributed by atoms with Crippen molar-refractivity contribution in [3.8, 4) is 0 Å². The third-order valence-electron chi connectivity index (χ3n) is 4.37. The molecule has 3 heteroatoms. The number of fused-ring (bicyclic) bond motifs is 2. The molecule has 0 saturated heterocycles. The van der Waals surface area contributed by atoms with Crippen LogP contribution in [0.5, 0.6) is 0 Å². The SMILES string of the molecule is C=Cc1ccc(NC(=O)Nc2ccc3cc4ccccc4cc3c2)cc1. The van der Waals surface area contributed by atoms with Crippen molar-refractivity contribution in [2.45, 2.75) is 0 Å². The van der Waals surface area contributed by atoms with Gasteiger partial charge in [-0.15, -0.1) is 0 Å². The van der Waals surface area contributed by atoms with Crippen molar-refractivity contribution < 1.29 is 4.79 Å². The summed E-state index contributed by atoms with van der Waals surface area (Å²) in [5.41, 5.74) is 2.51. The molecule has 2 amide bonds. The lowest BCUT2D eigenvalue weighted by Gasteiger charge is -2.09. The van der Waals surface area contributed by atoms with E-state index in [0.717, 1.165) is 27.7 Å². The first-order valence-corrected chi connectivity index (χ1v) is 8.44. The first kappa shape index (κ1) is 15.9. The largest absolute Gasteiger partial charge is 0.323 e. The second-order valence-corrected chi connectivity index (χ2v) is 6.17. The molecule has 0 heterocycles. The first-order valence-electron chi connectivity index (χ1n) is 8.44. The molecule has 4 aromatic carbocycles. The van der Waals surface area contributed by atoms with Gasteiger partial charge in [0.2, 0.25) is 0 Å². The number of carbonyl (C=O) groups is 1. The summed E-state index contributed by atoms with van der Waals surface area (Å²) < 4.78 is 0. The quantitative estimate of drug-likeness (QED) is 0.424. The Kier molecular flexibility index (Phi) is 4.12. The van der Waals surface area contributed by atoms with E-state index in [1.54, 1.807) is 6.08 Å². The summed E-state index contributed by atoms with van der Waals surface area (Å²) in [6.07, 6.45) is 1.77. The first-order chi connectivity index (χ1) is 12.7. The molecule has 0 saturated carbocycles. The maximum Gasteiger partial charge on any atom is 0.323 e. The van der Waals surface area contributed by atoms with Crippen LogP contribution in [0.2, 0.25) is 0 Å². The van der Waals surface area contributed by atoms with E-state index >= 15 is 0 Å². The topological polar surface area (TPSA) is 41.1 Å². The Labute approximate surface area is 152 Å². The molecule has 0 aromatic heterocycles. The van der Waals surface area contributed by atoms with E-state index in [1.165, 1.54) is 10.8 Å². The molecule has 0 spiro atoms. The zero-order valence-electron chi connectivity index (χ0n) is 14.2. The molecule has 126 valence electrons. The molecule has 3 nitrogen and oxygen atoms in total. The number of rotatable bonds is 3. The molecule has 0 aliphatic heterocycles. The van der Waals surface area contributed by atoms with Gasteiger partial charge in [0.15, 0.2) is 0 Å². The number of urea groups is 1. The lowest BCUT2D eigenvalue weighted by Crippen LogP contribution is -2.19. The van der Waals surface area contributed by atoms with Gasteiger partial charge in [-0.1, -0.05) is 55.1 Å². The van der Waals surface area contributed by atoms with Crippen LogP contribution in [0, 0.1) is 0 Å². The molecule has 0 unspecified atom stereocenters. The van der Waals surface area contributed by atoms with E-state index < -0.39 is 0 Å². The molecule has 4 rings (SSSR count). The summed E-state index contributed by atoms with van der Waals surface area (Å²) in [5.74, 6) is 0. The molecule has 0 atom stereocenters. The fourth-order valence-corrected chi connectivity index (χ4v) is 3.01. The predicted molar refractivity (Wildman–Crippen MR) is 111 cm³/mol. The highest BCUT2D eigenvalue weighted by Crippen LogP contribution is 2.25. The Morgan fingerprint density at radius 2 is 1.27 bits per heavy atom. The third kappa shape index (κ3) is 3.28. The molecular weight excluding hydrogens is 320 g/mol. The minimum atomic E-state index is -0.267. The van der Waals surface area contributed by atoms with Crippen LogP contribution in [0.4, 0.5) is 16.2 Å². The van der Waals surface area contributed by atoms with Crippen LogP contribution in [-0.2, 0) is 0 Å². The minimum Gasteiger partial charge on any atom is -0.308 e. The van der Waals surface area contributed by atoms with Crippen molar-refractivity contribution in [1.82, 2.24) is 0 Å². The average molecular weight is 338 g/mol. The summed E-state index contributed by atoms with van der Waals surface area (Å²) in [5, 5.41) is 10.4. The number of hydrogen-bond donors (Lipinski definition) is 2. The highest BCUT2D eigenvalue weighted by atomic mass is 16.2. The van der Waals surface area contributed by atoms with Crippen molar-refractivity contribution >= 4 is 45.0 Å². The third-order valence-corrected chi connectivity index (χ3v) is 4.37.